The van der Waals surface area contributed by atoms with Crippen molar-refractivity contribution in [3.05, 3.63) is 87.7 Å². The largest absolute Gasteiger partial charge is 0.457 e. The van der Waals surface area contributed by atoms with Crippen LogP contribution in [-0.2, 0) is 9.59 Å². The number of imide groups is 2. The molecule has 1 atom stereocenters. The number of amides is 4. The van der Waals surface area contributed by atoms with Crippen LogP contribution in [0.3, 0.4) is 0 Å². The zero-order valence-corrected chi connectivity index (χ0v) is 18.5. The molecule has 1 unspecified atom stereocenters. The summed E-state index contributed by atoms with van der Waals surface area (Å²) in [5.74, 6) is -0.778. The van der Waals surface area contributed by atoms with Crippen LogP contribution >= 0.6 is 0 Å². The summed E-state index contributed by atoms with van der Waals surface area (Å²) < 4.78 is 5.69. The van der Waals surface area contributed by atoms with Crippen molar-refractivity contribution in [3.8, 4) is 11.3 Å². The number of benzene rings is 2. The molecule has 4 rings (SSSR count). The zero-order chi connectivity index (χ0) is 24.4. The highest BCUT2D eigenvalue weighted by Gasteiger charge is 2.37. The number of non-ortho nitro benzene ring substituents is 1. The summed E-state index contributed by atoms with van der Waals surface area (Å²) in [5, 5.41) is 13.2. The van der Waals surface area contributed by atoms with Crippen molar-refractivity contribution < 1.29 is 23.7 Å². The third-order valence-corrected chi connectivity index (χ3v) is 5.69. The Kier molecular flexibility index (Phi) is 6.09. The molecule has 0 aliphatic carbocycles. The second-order valence-corrected chi connectivity index (χ2v) is 7.87. The van der Waals surface area contributed by atoms with E-state index in [1.165, 1.54) is 30.3 Å². The number of rotatable bonds is 6. The van der Waals surface area contributed by atoms with E-state index in [1.54, 1.807) is 24.3 Å². The van der Waals surface area contributed by atoms with Gasteiger partial charge in [-0.15, -0.1) is 0 Å². The van der Waals surface area contributed by atoms with E-state index in [0.29, 0.717) is 22.9 Å². The molecule has 0 radical (unpaired) electrons. The Balaban J connectivity index is 1.63. The first-order valence-corrected chi connectivity index (χ1v) is 10.6. The number of nitrogens with zero attached hydrogens (tertiary/aromatic N) is 2. The fourth-order valence-corrected chi connectivity index (χ4v) is 3.58. The van der Waals surface area contributed by atoms with Crippen LogP contribution in [0, 0.1) is 10.1 Å². The van der Waals surface area contributed by atoms with Gasteiger partial charge in [-0.3, -0.25) is 25.0 Å². The zero-order valence-electron chi connectivity index (χ0n) is 18.5. The molecule has 0 spiro atoms. The van der Waals surface area contributed by atoms with Gasteiger partial charge in [0.05, 0.1) is 10.6 Å². The maximum absolute atomic E-state index is 13.1. The molecule has 4 amide bonds. The SMILES string of the molecule is CCC(C)c1ccc(N2C(=O)NC(=O)C(=Cc3ccc(-c4cccc([N+](=O)[O-])c4)o3)C2=O)cc1. The number of carbonyl (C=O) groups is 3. The number of nitro benzene ring substituents is 1. The molecule has 1 aliphatic heterocycles. The number of furan rings is 1. The Morgan fingerprint density at radius 3 is 2.50 bits per heavy atom. The summed E-state index contributed by atoms with van der Waals surface area (Å²) in [6.07, 6.45) is 2.19. The van der Waals surface area contributed by atoms with Gasteiger partial charge in [0.25, 0.3) is 17.5 Å². The van der Waals surface area contributed by atoms with Gasteiger partial charge in [0.15, 0.2) is 0 Å². The number of barbiturate groups is 1. The fourth-order valence-electron chi connectivity index (χ4n) is 3.58. The molecular weight excluding hydrogens is 438 g/mol. The first kappa shape index (κ1) is 22.7. The molecule has 1 aliphatic rings. The van der Waals surface area contributed by atoms with E-state index >= 15 is 0 Å². The molecule has 9 heteroatoms. The van der Waals surface area contributed by atoms with Crippen LogP contribution in [0.2, 0.25) is 0 Å². The van der Waals surface area contributed by atoms with Gasteiger partial charge in [-0.25, -0.2) is 9.69 Å². The van der Waals surface area contributed by atoms with Crippen LogP contribution in [-0.4, -0.2) is 22.8 Å². The van der Waals surface area contributed by atoms with Crippen LogP contribution in [0.15, 0.2) is 70.7 Å². The van der Waals surface area contributed by atoms with Crippen molar-refractivity contribution in [1.29, 1.82) is 0 Å². The molecule has 1 N–H and O–H groups in total. The first-order valence-electron chi connectivity index (χ1n) is 10.6. The molecule has 1 fully saturated rings. The van der Waals surface area contributed by atoms with Crippen LogP contribution in [0.25, 0.3) is 17.4 Å². The summed E-state index contributed by atoms with van der Waals surface area (Å²) in [4.78, 5) is 49.3. The first-order chi connectivity index (χ1) is 16.3. The van der Waals surface area contributed by atoms with Crippen LogP contribution in [0.1, 0.15) is 37.5 Å². The van der Waals surface area contributed by atoms with Crippen LogP contribution < -0.4 is 10.2 Å². The molecular formula is C25H21N3O6. The number of nitrogens with one attached hydrogen (secondary N) is 1. The quantitative estimate of drug-likeness (QED) is 0.239. The average Bonchev–Trinajstić information content (AvgIpc) is 3.30. The van der Waals surface area contributed by atoms with Gasteiger partial charge in [-0.05, 0) is 48.2 Å². The number of hydrogen-bond acceptors (Lipinski definition) is 6. The molecule has 1 aromatic heterocycles. The number of nitro groups is 1. The molecule has 0 bridgehead atoms. The Labute approximate surface area is 194 Å². The number of hydrogen-bond donors (Lipinski definition) is 1. The Morgan fingerprint density at radius 1 is 1.09 bits per heavy atom. The maximum Gasteiger partial charge on any atom is 0.335 e. The second-order valence-electron chi connectivity index (χ2n) is 7.87. The monoisotopic (exact) mass is 459 g/mol. The lowest BCUT2D eigenvalue weighted by molar-refractivity contribution is -0.384. The van der Waals surface area contributed by atoms with E-state index in [4.69, 9.17) is 4.42 Å². The van der Waals surface area contributed by atoms with E-state index in [2.05, 4.69) is 19.2 Å². The van der Waals surface area contributed by atoms with Gasteiger partial charge in [0.1, 0.15) is 17.1 Å². The van der Waals surface area contributed by atoms with Gasteiger partial charge >= 0.3 is 6.03 Å². The fraction of sp³-hybridized carbons (Fsp3) is 0.160. The van der Waals surface area contributed by atoms with Gasteiger partial charge in [0.2, 0.25) is 0 Å². The van der Waals surface area contributed by atoms with Crippen molar-refractivity contribution in [2.24, 2.45) is 0 Å². The van der Waals surface area contributed by atoms with Gasteiger partial charge in [-0.2, -0.15) is 0 Å². The topological polar surface area (TPSA) is 123 Å². The van der Waals surface area contributed by atoms with Crippen molar-refractivity contribution in [2.45, 2.75) is 26.2 Å². The van der Waals surface area contributed by atoms with Gasteiger partial charge in [-0.1, -0.05) is 38.1 Å². The molecule has 9 nitrogen and oxygen atoms in total. The van der Waals surface area contributed by atoms with Crippen LogP contribution in [0.4, 0.5) is 16.2 Å². The minimum atomic E-state index is -0.837. The summed E-state index contributed by atoms with van der Waals surface area (Å²) in [7, 11) is 0. The average molecular weight is 459 g/mol. The Bertz CT molecular complexity index is 1320. The maximum atomic E-state index is 13.1. The summed E-state index contributed by atoms with van der Waals surface area (Å²) in [6.45, 7) is 4.15. The van der Waals surface area contributed by atoms with E-state index in [9.17, 15) is 24.5 Å². The van der Waals surface area contributed by atoms with E-state index in [1.807, 2.05) is 12.1 Å². The Morgan fingerprint density at radius 2 is 1.82 bits per heavy atom. The third kappa shape index (κ3) is 4.36. The summed E-state index contributed by atoms with van der Waals surface area (Å²) in [6, 6.07) is 15.2. The molecule has 2 heterocycles. The number of anilines is 1. The molecule has 2 aromatic carbocycles. The van der Waals surface area contributed by atoms with Crippen molar-refractivity contribution in [1.82, 2.24) is 5.32 Å². The normalized spacial score (nSPS) is 16.0. The van der Waals surface area contributed by atoms with Crippen molar-refractivity contribution in [2.75, 3.05) is 4.90 Å². The van der Waals surface area contributed by atoms with Crippen molar-refractivity contribution >= 4 is 35.3 Å². The third-order valence-electron chi connectivity index (χ3n) is 5.69. The minimum absolute atomic E-state index is 0.0934. The molecule has 1 saturated heterocycles. The molecule has 34 heavy (non-hydrogen) atoms. The Hall–Kier alpha value is -4.53. The molecule has 0 saturated carbocycles. The lowest BCUT2D eigenvalue weighted by Gasteiger charge is -2.26. The second kappa shape index (κ2) is 9.14. The predicted molar refractivity (Wildman–Crippen MR) is 125 cm³/mol. The highest BCUT2D eigenvalue weighted by Crippen LogP contribution is 2.28. The van der Waals surface area contributed by atoms with Gasteiger partial charge in [0, 0.05) is 17.7 Å². The van der Waals surface area contributed by atoms with Gasteiger partial charge < -0.3 is 4.42 Å². The lowest BCUT2D eigenvalue weighted by Crippen LogP contribution is -2.54. The van der Waals surface area contributed by atoms with E-state index in [0.717, 1.165) is 16.9 Å². The molecule has 3 aromatic rings. The summed E-state index contributed by atoms with van der Waals surface area (Å²) >= 11 is 0. The standard InChI is InChI=1S/C25H21N3O6/c1-3-15(2)16-7-9-18(10-8-16)27-24(30)21(23(29)26-25(27)31)14-20-11-12-22(34-20)17-5-4-6-19(13-17)28(32)33/h4-15H,3H2,1-2H3,(H,26,29,31). The van der Waals surface area contributed by atoms with E-state index < -0.39 is 22.8 Å². The number of urea groups is 1. The highest BCUT2D eigenvalue weighted by atomic mass is 16.6. The molecule has 172 valence electrons. The van der Waals surface area contributed by atoms with Crippen LogP contribution in [0.5, 0.6) is 0 Å². The highest BCUT2D eigenvalue weighted by molar-refractivity contribution is 6.39. The smallest absolute Gasteiger partial charge is 0.335 e. The van der Waals surface area contributed by atoms with Crippen molar-refractivity contribution in [3.63, 3.8) is 0 Å². The van der Waals surface area contributed by atoms with E-state index in [-0.39, 0.29) is 17.0 Å². The lowest BCUT2D eigenvalue weighted by atomic mass is 9.98. The minimum Gasteiger partial charge on any atom is -0.457 e. The number of carbonyl (C=O) groups excluding carboxylic acids is 3. The predicted octanol–water partition coefficient (Wildman–Crippen LogP) is 5.03. The summed E-state index contributed by atoms with van der Waals surface area (Å²) in [5.41, 5.74) is 1.52.